The van der Waals surface area contributed by atoms with Gasteiger partial charge in [-0.1, -0.05) is 6.42 Å². The van der Waals surface area contributed by atoms with Gasteiger partial charge in [-0.2, -0.15) is 14.3 Å². The number of imide groups is 1. The van der Waals surface area contributed by atoms with Crippen LogP contribution < -0.4 is 14.8 Å². The van der Waals surface area contributed by atoms with Gasteiger partial charge in [-0.15, -0.1) is 0 Å². The van der Waals surface area contributed by atoms with Crippen molar-refractivity contribution in [1.82, 2.24) is 4.90 Å². The van der Waals surface area contributed by atoms with Crippen LogP contribution in [0, 0.1) is 5.92 Å². The summed E-state index contributed by atoms with van der Waals surface area (Å²) in [5.41, 5.74) is 1.30. The Kier molecular flexibility index (Phi) is 6.25. The first kappa shape index (κ1) is 21.3. The molecule has 0 radical (unpaired) electrons. The Morgan fingerprint density at radius 2 is 1.87 bits per heavy atom. The molecule has 2 aliphatic carbocycles. The molecule has 1 aromatic carbocycles. The zero-order valence-electron chi connectivity index (χ0n) is 18.2. The maximum absolute atomic E-state index is 13.4. The van der Waals surface area contributed by atoms with Gasteiger partial charge in [0.25, 0.3) is 5.91 Å². The van der Waals surface area contributed by atoms with E-state index in [0.717, 1.165) is 50.7 Å². The van der Waals surface area contributed by atoms with Gasteiger partial charge in [0, 0.05) is 12.5 Å². The Balaban J connectivity index is 1.56. The van der Waals surface area contributed by atoms with Crippen molar-refractivity contribution in [1.29, 1.82) is 0 Å². The van der Waals surface area contributed by atoms with Gasteiger partial charge in [0.05, 0.1) is 25.6 Å². The summed E-state index contributed by atoms with van der Waals surface area (Å²) in [6, 6.07) is 4.73. The second kappa shape index (κ2) is 9.08. The summed E-state index contributed by atoms with van der Waals surface area (Å²) in [5.74, 6) is 0.420. The van der Waals surface area contributed by atoms with Crippen LogP contribution in [0.1, 0.15) is 51.4 Å². The van der Waals surface area contributed by atoms with Gasteiger partial charge in [0.2, 0.25) is 0 Å². The number of hydrogen-bond donors (Lipinski definition) is 1. The SMILES string of the molecule is COc1ccc(NC(=O)C[N+]2=C3CCCC3C(=O)N(C3CCCCC3)C2=O)c(OC)c1. The van der Waals surface area contributed by atoms with E-state index in [4.69, 9.17) is 9.47 Å². The van der Waals surface area contributed by atoms with Gasteiger partial charge in [-0.25, -0.2) is 4.79 Å². The maximum atomic E-state index is 13.4. The molecule has 4 rings (SSSR count). The lowest BCUT2D eigenvalue weighted by Crippen LogP contribution is -2.58. The summed E-state index contributed by atoms with van der Waals surface area (Å²) < 4.78 is 12.1. The lowest BCUT2D eigenvalue weighted by atomic mass is 9.92. The minimum absolute atomic E-state index is 0.0526. The maximum Gasteiger partial charge on any atom is 0.501 e. The van der Waals surface area contributed by atoms with Crippen molar-refractivity contribution in [3.63, 3.8) is 0 Å². The summed E-state index contributed by atoms with van der Waals surface area (Å²) in [6.07, 6.45) is 7.19. The zero-order chi connectivity index (χ0) is 22.0. The number of carbonyl (C=O) groups excluding carboxylic acids is 3. The van der Waals surface area contributed by atoms with E-state index in [9.17, 15) is 14.4 Å². The standard InChI is InChI=1S/C23H29N3O5/c1-30-16-11-12-18(20(13-16)31-2)24-21(27)14-25-19-10-6-9-17(19)22(28)26(23(25)29)15-7-4-3-5-8-15/h11-13,15,17H,3-10,14H2,1-2H3/p+1. The predicted octanol–water partition coefficient (Wildman–Crippen LogP) is 3.19. The molecule has 0 spiro atoms. The fraction of sp³-hybridized carbons (Fsp3) is 0.565. The normalized spacial score (nSPS) is 21.9. The van der Waals surface area contributed by atoms with Crippen molar-refractivity contribution in [3.8, 4) is 11.5 Å². The van der Waals surface area contributed by atoms with Crippen LogP contribution in [-0.2, 0) is 9.59 Å². The molecule has 2 saturated carbocycles. The fourth-order valence-electron chi connectivity index (χ4n) is 5.01. The molecule has 0 bridgehead atoms. The van der Waals surface area contributed by atoms with E-state index in [1.807, 2.05) is 0 Å². The lowest BCUT2D eigenvalue weighted by molar-refractivity contribution is -0.430. The minimum atomic E-state index is -0.345. The smallest absolute Gasteiger partial charge is 0.497 e. The second-order valence-corrected chi connectivity index (χ2v) is 8.42. The molecule has 1 N–H and O–H groups in total. The topological polar surface area (TPSA) is 88.0 Å². The zero-order valence-corrected chi connectivity index (χ0v) is 18.2. The highest BCUT2D eigenvalue weighted by Crippen LogP contribution is 2.33. The van der Waals surface area contributed by atoms with E-state index in [-0.39, 0.29) is 36.3 Å². The molecule has 1 aromatic rings. The minimum Gasteiger partial charge on any atom is -0.497 e. The number of rotatable bonds is 6. The van der Waals surface area contributed by atoms with E-state index in [2.05, 4.69) is 5.32 Å². The largest absolute Gasteiger partial charge is 0.501 e. The van der Waals surface area contributed by atoms with E-state index in [1.54, 1.807) is 29.9 Å². The molecule has 0 saturated heterocycles. The van der Waals surface area contributed by atoms with Crippen molar-refractivity contribution in [2.24, 2.45) is 5.92 Å². The average Bonchev–Trinajstić information content (AvgIpc) is 3.28. The van der Waals surface area contributed by atoms with Crippen molar-refractivity contribution >= 4 is 29.2 Å². The molecular formula is C23H30N3O5+. The lowest BCUT2D eigenvalue weighted by Gasteiger charge is -2.31. The highest BCUT2D eigenvalue weighted by molar-refractivity contribution is 6.12. The fourth-order valence-corrected chi connectivity index (χ4v) is 5.01. The first-order chi connectivity index (χ1) is 15.0. The number of fused-ring (bicyclic) bond motifs is 1. The van der Waals surface area contributed by atoms with Crippen LogP contribution in [-0.4, -0.2) is 59.8 Å². The second-order valence-electron chi connectivity index (χ2n) is 8.42. The number of nitrogens with zero attached hydrogens (tertiary/aromatic N) is 2. The number of anilines is 1. The first-order valence-electron chi connectivity index (χ1n) is 11.1. The predicted molar refractivity (Wildman–Crippen MR) is 115 cm³/mol. The number of benzene rings is 1. The van der Waals surface area contributed by atoms with Crippen LogP contribution in [0.15, 0.2) is 18.2 Å². The molecule has 8 heteroatoms. The number of carbonyl (C=O) groups is 3. The summed E-state index contributed by atoms with van der Waals surface area (Å²) >= 11 is 0. The monoisotopic (exact) mass is 428 g/mol. The molecule has 1 aliphatic heterocycles. The third kappa shape index (κ3) is 4.16. The first-order valence-corrected chi connectivity index (χ1v) is 11.1. The number of ether oxygens (including phenoxy) is 2. The summed E-state index contributed by atoms with van der Waals surface area (Å²) in [6.45, 7) is -0.115. The third-order valence-electron chi connectivity index (χ3n) is 6.57. The van der Waals surface area contributed by atoms with E-state index in [0.29, 0.717) is 23.6 Å². The summed E-state index contributed by atoms with van der Waals surface area (Å²) in [5, 5.41) is 2.84. The van der Waals surface area contributed by atoms with E-state index in [1.165, 1.54) is 12.0 Å². The van der Waals surface area contributed by atoms with Gasteiger partial charge in [-0.05, 0) is 50.7 Å². The van der Waals surface area contributed by atoms with Crippen LogP contribution in [0.2, 0.25) is 0 Å². The van der Waals surface area contributed by atoms with Crippen LogP contribution in [0.5, 0.6) is 11.5 Å². The molecule has 0 aromatic heterocycles. The Morgan fingerprint density at radius 3 is 2.58 bits per heavy atom. The van der Waals surface area contributed by atoms with Crippen LogP contribution >= 0.6 is 0 Å². The highest BCUT2D eigenvalue weighted by atomic mass is 16.5. The third-order valence-corrected chi connectivity index (χ3v) is 6.57. The summed E-state index contributed by atoms with van der Waals surface area (Å²) in [4.78, 5) is 40.8. The van der Waals surface area contributed by atoms with Gasteiger partial charge in [-0.3, -0.25) is 4.79 Å². The van der Waals surface area contributed by atoms with Crippen molar-refractivity contribution in [2.45, 2.75) is 57.4 Å². The number of amides is 4. The Bertz CT molecular complexity index is 920. The molecule has 2 fully saturated rings. The number of urea groups is 1. The highest BCUT2D eigenvalue weighted by Gasteiger charge is 2.52. The van der Waals surface area contributed by atoms with Crippen molar-refractivity contribution < 1.29 is 28.4 Å². The molecule has 31 heavy (non-hydrogen) atoms. The van der Waals surface area contributed by atoms with E-state index >= 15 is 0 Å². The molecule has 3 aliphatic rings. The van der Waals surface area contributed by atoms with Crippen molar-refractivity contribution in [2.75, 3.05) is 26.1 Å². The number of methoxy groups -OCH3 is 2. The van der Waals surface area contributed by atoms with E-state index < -0.39 is 0 Å². The number of hydrogen-bond acceptors (Lipinski definition) is 5. The summed E-state index contributed by atoms with van der Waals surface area (Å²) in [7, 11) is 3.08. The van der Waals surface area contributed by atoms with Crippen LogP contribution in [0.25, 0.3) is 0 Å². The number of nitrogens with one attached hydrogen (secondary N) is 1. The quantitative estimate of drug-likeness (QED) is 0.703. The average molecular weight is 429 g/mol. The molecule has 166 valence electrons. The molecule has 1 unspecified atom stereocenters. The molecule has 1 atom stereocenters. The van der Waals surface area contributed by atoms with Gasteiger partial charge < -0.3 is 14.8 Å². The van der Waals surface area contributed by atoms with Gasteiger partial charge in [0.15, 0.2) is 6.54 Å². The molecule has 8 nitrogen and oxygen atoms in total. The Morgan fingerprint density at radius 1 is 1.10 bits per heavy atom. The Labute approximate surface area is 182 Å². The van der Waals surface area contributed by atoms with Crippen molar-refractivity contribution in [3.05, 3.63) is 18.2 Å². The Hall–Kier alpha value is -2.90. The molecule has 4 amide bonds. The molecule has 1 heterocycles. The van der Waals surface area contributed by atoms with Crippen LogP contribution in [0.3, 0.4) is 0 Å². The van der Waals surface area contributed by atoms with Crippen LogP contribution in [0.4, 0.5) is 10.5 Å². The molecular weight excluding hydrogens is 398 g/mol. The van der Waals surface area contributed by atoms with Gasteiger partial charge in [0.1, 0.15) is 23.5 Å². The van der Waals surface area contributed by atoms with Gasteiger partial charge >= 0.3 is 11.9 Å².